The van der Waals surface area contributed by atoms with Gasteiger partial charge in [-0.2, -0.15) is 0 Å². The van der Waals surface area contributed by atoms with E-state index in [-0.39, 0.29) is 36.4 Å². The van der Waals surface area contributed by atoms with Gasteiger partial charge < -0.3 is 15.1 Å². The second-order valence-corrected chi connectivity index (χ2v) is 5.48. The Morgan fingerprint density at radius 2 is 2.22 bits per heavy atom. The predicted octanol–water partition coefficient (Wildman–Crippen LogP) is -0.0498. The molecule has 0 saturated carbocycles. The highest BCUT2D eigenvalue weighted by molar-refractivity contribution is 8.13. The molecule has 0 radical (unpaired) electrons. The smallest absolute Gasteiger partial charge is 0.326 e. The van der Waals surface area contributed by atoms with Crippen LogP contribution < -0.4 is 0 Å². The average Bonchev–Trinajstić information content (AvgIpc) is 2.64. The molecule has 0 aromatic heterocycles. The zero-order valence-corrected chi connectivity index (χ0v) is 11.0. The van der Waals surface area contributed by atoms with E-state index >= 15 is 0 Å². The van der Waals surface area contributed by atoms with Gasteiger partial charge in [-0.3, -0.25) is 9.59 Å². The number of aliphatic hydroxyl groups is 1. The number of carbonyl (C=O) groups excluding carboxylic acids is 2. The molecule has 2 atom stereocenters. The lowest BCUT2D eigenvalue weighted by atomic mass is 10.1. The summed E-state index contributed by atoms with van der Waals surface area (Å²) in [7, 11) is 0. The van der Waals surface area contributed by atoms with E-state index in [1.807, 2.05) is 0 Å². The lowest BCUT2D eigenvalue weighted by Gasteiger charge is -2.24. The van der Waals surface area contributed by atoms with E-state index in [9.17, 15) is 14.4 Å². The van der Waals surface area contributed by atoms with Crippen LogP contribution in [-0.4, -0.2) is 57.1 Å². The molecule has 0 spiro atoms. The molecule has 1 amide bonds. The van der Waals surface area contributed by atoms with E-state index in [1.165, 1.54) is 11.8 Å². The minimum atomic E-state index is -1.10. The van der Waals surface area contributed by atoms with Crippen LogP contribution in [0.15, 0.2) is 0 Å². The first-order valence-electron chi connectivity index (χ1n) is 5.72. The minimum Gasteiger partial charge on any atom is -0.480 e. The molecule has 7 heteroatoms. The maximum atomic E-state index is 11.7. The lowest BCUT2D eigenvalue weighted by molar-refractivity contribution is -0.149. The Bertz CT molecular complexity index is 346. The maximum absolute atomic E-state index is 11.7. The highest BCUT2D eigenvalue weighted by atomic mass is 32.2. The molecule has 0 aromatic rings. The number of thioether (sulfide) groups is 1. The van der Waals surface area contributed by atoms with Crippen LogP contribution >= 0.6 is 11.8 Å². The van der Waals surface area contributed by atoms with Gasteiger partial charge in [0.1, 0.15) is 6.04 Å². The number of nitrogens with zero attached hydrogens (tertiary/aromatic N) is 1. The second kappa shape index (κ2) is 6.75. The largest absolute Gasteiger partial charge is 0.480 e. The van der Waals surface area contributed by atoms with Crippen molar-refractivity contribution in [2.75, 3.05) is 18.9 Å². The number of carboxylic acid groups (broad SMARTS) is 1. The first kappa shape index (κ1) is 15.0. The van der Waals surface area contributed by atoms with Crippen molar-refractivity contribution in [3.63, 3.8) is 0 Å². The van der Waals surface area contributed by atoms with Gasteiger partial charge >= 0.3 is 5.97 Å². The molecular weight excluding hydrogens is 258 g/mol. The number of aliphatic hydroxyl groups excluding tert-OH is 1. The molecule has 0 aromatic carbocycles. The number of rotatable bonds is 6. The third kappa shape index (κ3) is 3.99. The van der Waals surface area contributed by atoms with Crippen LogP contribution in [0.5, 0.6) is 0 Å². The lowest BCUT2D eigenvalue weighted by Crippen LogP contribution is -2.42. The number of likely N-dealkylation sites (tertiary alicyclic amines) is 1. The Balaban J connectivity index is 2.59. The molecule has 6 nitrogen and oxygen atoms in total. The fraction of sp³-hybridized carbons (Fsp3) is 0.727. The monoisotopic (exact) mass is 275 g/mol. The molecule has 1 saturated heterocycles. The van der Waals surface area contributed by atoms with Crippen molar-refractivity contribution < 1.29 is 24.6 Å². The van der Waals surface area contributed by atoms with Crippen LogP contribution in [0.3, 0.4) is 0 Å². The molecule has 0 bridgehead atoms. The first-order valence-corrected chi connectivity index (χ1v) is 6.70. The Morgan fingerprint density at radius 1 is 1.56 bits per heavy atom. The van der Waals surface area contributed by atoms with Crippen molar-refractivity contribution in [1.29, 1.82) is 0 Å². The summed E-state index contributed by atoms with van der Waals surface area (Å²) >= 11 is 1.15. The number of hydrogen-bond acceptors (Lipinski definition) is 5. The summed E-state index contributed by atoms with van der Waals surface area (Å²) in [6, 6.07) is -0.963. The van der Waals surface area contributed by atoms with Crippen molar-refractivity contribution in [2.24, 2.45) is 5.92 Å². The predicted molar refractivity (Wildman–Crippen MR) is 66.1 cm³/mol. The molecule has 1 aliphatic rings. The van der Waals surface area contributed by atoms with Crippen molar-refractivity contribution in [2.45, 2.75) is 25.8 Å². The summed E-state index contributed by atoms with van der Waals surface area (Å²) in [5, 5.41) is 17.8. The zero-order chi connectivity index (χ0) is 13.7. The molecule has 1 aliphatic heterocycles. The quantitative estimate of drug-likeness (QED) is 0.705. The van der Waals surface area contributed by atoms with Crippen LogP contribution in [0, 0.1) is 5.92 Å². The van der Waals surface area contributed by atoms with Crippen molar-refractivity contribution >= 4 is 28.8 Å². The summed E-state index contributed by atoms with van der Waals surface area (Å²) in [5.74, 6) is -0.780. The second-order valence-electron chi connectivity index (χ2n) is 4.29. The number of hydrogen-bond donors (Lipinski definition) is 2. The fourth-order valence-corrected chi connectivity index (χ4v) is 2.69. The van der Waals surface area contributed by atoms with Gasteiger partial charge in [0.2, 0.25) is 5.91 Å². The molecule has 102 valence electrons. The zero-order valence-electron chi connectivity index (χ0n) is 10.2. The molecule has 2 N–H and O–H groups in total. The van der Waals surface area contributed by atoms with Gasteiger partial charge in [0, 0.05) is 38.7 Å². The summed E-state index contributed by atoms with van der Waals surface area (Å²) in [6.45, 7) is 1.54. The number of amides is 1. The Kier molecular flexibility index (Phi) is 5.61. The van der Waals surface area contributed by atoms with E-state index in [2.05, 4.69) is 0 Å². The molecule has 18 heavy (non-hydrogen) atoms. The van der Waals surface area contributed by atoms with Gasteiger partial charge in [-0.1, -0.05) is 11.8 Å². The third-order valence-electron chi connectivity index (χ3n) is 2.82. The van der Waals surface area contributed by atoms with E-state index < -0.39 is 12.0 Å². The summed E-state index contributed by atoms with van der Waals surface area (Å²) in [6.07, 6.45) is 0.309. The van der Waals surface area contributed by atoms with Crippen molar-refractivity contribution in [3.05, 3.63) is 0 Å². The maximum Gasteiger partial charge on any atom is 0.326 e. The first-order chi connectivity index (χ1) is 8.45. The molecule has 1 rings (SSSR count). The van der Waals surface area contributed by atoms with E-state index in [0.717, 1.165) is 11.8 Å². The van der Waals surface area contributed by atoms with Gasteiger partial charge in [0.15, 0.2) is 5.12 Å². The highest BCUT2D eigenvalue weighted by Gasteiger charge is 2.37. The van der Waals surface area contributed by atoms with Gasteiger partial charge in [-0.15, -0.1) is 0 Å². The number of carboxylic acids is 1. The standard InChI is InChI=1S/C11H17NO5S/c1-7(14)18-6-8-4-10(15)12(5-8)9(2-3-13)11(16)17/h8-9,13H,2-6H2,1H3,(H,16,17)/t8?,9-/m0/s1. The van der Waals surface area contributed by atoms with Gasteiger partial charge in [0.25, 0.3) is 0 Å². The van der Waals surface area contributed by atoms with Gasteiger partial charge in [0.05, 0.1) is 0 Å². The molecular formula is C11H17NO5S. The van der Waals surface area contributed by atoms with E-state index in [4.69, 9.17) is 10.2 Å². The minimum absolute atomic E-state index is 0.00643. The third-order valence-corrected chi connectivity index (χ3v) is 3.87. The normalized spacial score (nSPS) is 21.1. The van der Waals surface area contributed by atoms with Crippen molar-refractivity contribution in [3.8, 4) is 0 Å². The summed E-state index contributed by atoms with van der Waals surface area (Å²) < 4.78 is 0. The van der Waals surface area contributed by atoms with E-state index in [0.29, 0.717) is 12.3 Å². The summed E-state index contributed by atoms with van der Waals surface area (Å²) in [5.41, 5.74) is 0. The van der Waals surface area contributed by atoms with Crippen LogP contribution in [0.25, 0.3) is 0 Å². The van der Waals surface area contributed by atoms with Crippen LogP contribution in [0.1, 0.15) is 19.8 Å². The average molecular weight is 275 g/mol. The molecule has 0 aliphatic carbocycles. The van der Waals surface area contributed by atoms with Crippen LogP contribution in [-0.2, 0) is 14.4 Å². The Hall–Kier alpha value is -1.08. The SMILES string of the molecule is CC(=O)SCC1CC(=O)N([C@@H](CCO)C(=O)O)C1. The fourth-order valence-electron chi connectivity index (χ4n) is 1.99. The molecule has 1 unspecified atom stereocenters. The molecule has 1 fully saturated rings. The van der Waals surface area contributed by atoms with Crippen LogP contribution in [0.4, 0.5) is 0 Å². The van der Waals surface area contributed by atoms with Gasteiger partial charge in [-0.05, 0) is 5.92 Å². The van der Waals surface area contributed by atoms with E-state index in [1.54, 1.807) is 0 Å². The topological polar surface area (TPSA) is 94.9 Å². The Labute approximate surface area is 109 Å². The van der Waals surface area contributed by atoms with Crippen LogP contribution in [0.2, 0.25) is 0 Å². The van der Waals surface area contributed by atoms with Crippen molar-refractivity contribution in [1.82, 2.24) is 4.90 Å². The highest BCUT2D eigenvalue weighted by Crippen LogP contribution is 2.25. The Morgan fingerprint density at radius 3 is 2.72 bits per heavy atom. The molecule has 1 heterocycles. The van der Waals surface area contributed by atoms with Gasteiger partial charge in [-0.25, -0.2) is 4.79 Å². The summed E-state index contributed by atoms with van der Waals surface area (Å²) in [4.78, 5) is 34.9. The number of carbonyl (C=O) groups is 3. The number of aliphatic carboxylic acids is 1.